The fourth-order valence-corrected chi connectivity index (χ4v) is 3.39. The minimum Gasteiger partial charge on any atom is -0.394 e. The highest BCUT2D eigenvalue weighted by Crippen LogP contribution is 2.23. The number of hydrogen-bond donors (Lipinski definition) is 2. The van der Waals surface area contributed by atoms with Crippen LogP contribution in [0.4, 0.5) is 0 Å². The average Bonchev–Trinajstić information content (AvgIpc) is 2.54. The summed E-state index contributed by atoms with van der Waals surface area (Å²) in [5.74, 6) is 0.718. The van der Waals surface area contributed by atoms with E-state index in [1.807, 2.05) is 18.2 Å². The molecule has 1 aromatic rings. The summed E-state index contributed by atoms with van der Waals surface area (Å²) >= 11 is 0. The summed E-state index contributed by atoms with van der Waals surface area (Å²) in [6.07, 6.45) is 3.78. The zero-order chi connectivity index (χ0) is 15.1. The molecule has 2 N–H and O–H groups in total. The van der Waals surface area contributed by atoms with Gasteiger partial charge in [0, 0.05) is 6.04 Å². The van der Waals surface area contributed by atoms with Crippen LogP contribution in [0.15, 0.2) is 30.3 Å². The molecule has 2 rings (SSSR count). The van der Waals surface area contributed by atoms with Gasteiger partial charge in [-0.25, -0.2) is 0 Å². The van der Waals surface area contributed by atoms with Gasteiger partial charge < -0.3 is 15.3 Å². The van der Waals surface area contributed by atoms with Crippen molar-refractivity contribution in [2.24, 2.45) is 5.92 Å². The first-order valence-electron chi connectivity index (χ1n) is 8.38. The van der Waals surface area contributed by atoms with Crippen LogP contribution in [-0.2, 0) is 0 Å². The summed E-state index contributed by atoms with van der Waals surface area (Å²) in [4.78, 5) is 2.57. The minimum atomic E-state index is 0.0508. The molecule has 1 aliphatic heterocycles. The molecule has 1 aromatic carbocycles. The van der Waals surface area contributed by atoms with Crippen molar-refractivity contribution in [1.82, 2.24) is 10.2 Å². The third kappa shape index (κ3) is 4.80. The van der Waals surface area contributed by atoms with Crippen molar-refractivity contribution < 1.29 is 5.11 Å². The van der Waals surface area contributed by atoms with Crippen LogP contribution in [-0.4, -0.2) is 42.3 Å². The second-order valence-corrected chi connectivity index (χ2v) is 6.28. The van der Waals surface area contributed by atoms with Crippen molar-refractivity contribution in [3.8, 4) is 0 Å². The third-order valence-electron chi connectivity index (χ3n) is 4.73. The van der Waals surface area contributed by atoms with Crippen LogP contribution < -0.4 is 5.32 Å². The minimum absolute atomic E-state index is 0.0508. The van der Waals surface area contributed by atoms with E-state index in [9.17, 15) is 5.11 Å². The summed E-state index contributed by atoms with van der Waals surface area (Å²) in [6.45, 7) is 8.36. The maximum atomic E-state index is 9.67. The van der Waals surface area contributed by atoms with Crippen LogP contribution in [0.3, 0.4) is 0 Å². The zero-order valence-corrected chi connectivity index (χ0v) is 13.5. The Morgan fingerprint density at radius 3 is 2.48 bits per heavy atom. The van der Waals surface area contributed by atoms with Crippen molar-refractivity contribution in [2.45, 2.75) is 45.2 Å². The highest BCUT2D eigenvalue weighted by atomic mass is 16.3. The van der Waals surface area contributed by atoms with E-state index in [2.05, 4.69) is 36.2 Å². The molecule has 3 heteroatoms. The molecule has 0 amide bonds. The van der Waals surface area contributed by atoms with Gasteiger partial charge in [-0.2, -0.15) is 0 Å². The Bertz CT molecular complexity index is 387. The molecule has 0 aromatic heterocycles. The number of rotatable bonds is 7. The van der Waals surface area contributed by atoms with E-state index in [1.165, 1.54) is 44.5 Å². The van der Waals surface area contributed by atoms with E-state index in [0.29, 0.717) is 6.04 Å². The lowest BCUT2D eigenvalue weighted by molar-refractivity contribution is 0.149. The van der Waals surface area contributed by atoms with Gasteiger partial charge >= 0.3 is 0 Å². The van der Waals surface area contributed by atoms with Gasteiger partial charge in [-0.05, 0) is 57.3 Å². The summed E-state index contributed by atoms with van der Waals surface area (Å²) in [5.41, 5.74) is 1.18. The number of nitrogens with zero attached hydrogens (tertiary/aromatic N) is 1. The molecule has 118 valence electrons. The van der Waals surface area contributed by atoms with Crippen LogP contribution in [0.5, 0.6) is 0 Å². The summed E-state index contributed by atoms with van der Waals surface area (Å²) in [6, 6.07) is 10.8. The second-order valence-electron chi connectivity index (χ2n) is 6.28. The molecular formula is C18H30N2O. The van der Waals surface area contributed by atoms with E-state index in [-0.39, 0.29) is 12.6 Å². The van der Waals surface area contributed by atoms with E-state index >= 15 is 0 Å². The SMILES string of the molecule is CCCN1CCC(C(C)N[C@H](CO)c2ccccc2)CC1. The largest absolute Gasteiger partial charge is 0.394 e. The Balaban J connectivity index is 1.85. The maximum Gasteiger partial charge on any atom is 0.0626 e. The lowest BCUT2D eigenvalue weighted by atomic mass is 9.89. The van der Waals surface area contributed by atoms with Crippen LogP contribution in [0.1, 0.15) is 44.7 Å². The van der Waals surface area contributed by atoms with Gasteiger partial charge in [0.05, 0.1) is 12.6 Å². The van der Waals surface area contributed by atoms with Crippen molar-refractivity contribution in [3.63, 3.8) is 0 Å². The Kier molecular flexibility index (Phi) is 6.68. The van der Waals surface area contributed by atoms with Gasteiger partial charge in [0.15, 0.2) is 0 Å². The highest BCUT2D eigenvalue weighted by molar-refractivity contribution is 5.19. The number of piperidine rings is 1. The predicted octanol–water partition coefficient (Wildman–Crippen LogP) is 2.82. The molecule has 1 fully saturated rings. The zero-order valence-electron chi connectivity index (χ0n) is 13.5. The average molecular weight is 290 g/mol. The number of benzene rings is 1. The van der Waals surface area contributed by atoms with Crippen LogP contribution in [0, 0.1) is 5.92 Å². The van der Waals surface area contributed by atoms with Gasteiger partial charge in [-0.1, -0.05) is 37.3 Å². The number of hydrogen-bond acceptors (Lipinski definition) is 3. The Morgan fingerprint density at radius 1 is 1.24 bits per heavy atom. The summed E-state index contributed by atoms with van der Waals surface area (Å²) in [7, 11) is 0. The maximum absolute atomic E-state index is 9.67. The van der Waals surface area contributed by atoms with Crippen LogP contribution in [0.2, 0.25) is 0 Å². The molecule has 1 heterocycles. The second kappa shape index (κ2) is 8.52. The number of aliphatic hydroxyl groups is 1. The molecule has 3 nitrogen and oxygen atoms in total. The first kappa shape index (κ1) is 16.5. The molecule has 0 spiro atoms. The van der Waals surface area contributed by atoms with Crippen molar-refractivity contribution in [1.29, 1.82) is 0 Å². The number of nitrogens with one attached hydrogen (secondary N) is 1. The lowest BCUT2D eigenvalue weighted by Crippen LogP contribution is -2.43. The van der Waals surface area contributed by atoms with Crippen LogP contribution in [0.25, 0.3) is 0 Å². The lowest BCUT2D eigenvalue weighted by Gasteiger charge is -2.36. The highest BCUT2D eigenvalue weighted by Gasteiger charge is 2.25. The monoisotopic (exact) mass is 290 g/mol. The van der Waals surface area contributed by atoms with Gasteiger partial charge in [-0.3, -0.25) is 0 Å². The van der Waals surface area contributed by atoms with Gasteiger partial charge in [0.25, 0.3) is 0 Å². The van der Waals surface area contributed by atoms with Crippen molar-refractivity contribution in [3.05, 3.63) is 35.9 Å². The Morgan fingerprint density at radius 2 is 1.90 bits per heavy atom. The van der Waals surface area contributed by atoms with E-state index < -0.39 is 0 Å². The van der Waals surface area contributed by atoms with E-state index in [0.717, 1.165) is 5.92 Å². The molecule has 2 atom stereocenters. The fraction of sp³-hybridized carbons (Fsp3) is 0.667. The van der Waals surface area contributed by atoms with E-state index in [4.69, 9.17) is 0 Å². The predicted molar refractivity (Wildman–Crippen MR) is 88.3 cm³/mol. The number of likely N-dealkylation sites (tertiary alicyclic amines) is 1. The van der Waals surface area contributed by atoms with Crippen molar-refractivity contribution >= 4 is 0 Å². The molecule has 0 saturated carbocycles. The molecule has 0 bridgehead atoms. The van der Waals surface area contributed by atoms with Gasteiger partial charge in [-0.15, -0.1) is 0 Å². The summed E-state index contributed by atoms with van der Waals surface area (Å²) < 4.78 is 0. The molecule has 1 aliphatic rings. The molecule has 1 saturated heterocycles. The first-order chi connectivity index (χ1) is 10.2. The Labute approximate surface area is 129 Å². The fourth-order valence-electron chi connectivity index (χ4n) is 3.39. The first-order valence-corrected chi connectivity index (χ1v) is 8.38. The molecule has 1 unspecified atom stereocenters. The topological polar surface area (TPSA) is 35.5 Å². The molecule has 21 heavy (non-hydrogen) atoms. The molecule has 0 radical (unpaired) electrons. The summed E-state index contributed by atoms with van der Waals surface area (Å²) in [5, 5.41) is 13.3. The van der Waals surface area contributed by atoms with Gasteiger partial charge in [0.1, 0.15) is 0 Å². The van der Waals surface area contributed by atoms with E-state index in [1.54, 1.807) is 0 Å². The Hall–Kier alpha value is -0.900. The molecular weight excluding hydrogens is 260 g/mol. The van der Waals surface area contributed by atoms with Crippen molar-refractivity contribution in [2.75, 3.05) is 26.2 Å². The smallest absolute Gasteiger partial charge is 0.0626 e. The van der Waals surface area contributed by atoms with Crippen LogP contribution >= 0.6 is 0 Å². The number of aliphatic hydroxyl groups excluding tert-OH is 1. The van der Waals surface area contributed by atoms with Gasteiger partial charge in [0.2, 0.25) is 0 Å². The normalized spacial score (nSPS) is 20.3. The third-order valence-corrected chi connectivity index (χ3v) is 4.73. The standard InChI is InChI=1S/C18H30N2O/c1-3-11-20-12-9-16(10-13-20)15(2)19-18(14-21)17-7-5-4-6-8-17/h4-8,15-16,18-19,21H,3,9-14H2,1-2H3/t15?,18-/m1/s1. The quantitative estimate of drug-likeness (QED) is 0.810. The molecule has 0 aliphatic carbocycles.